The number of hydrogen-bond acceptors (Lipinski definition) is 2. The van der Waals surface area contributed by atoms with Crippen LogP contribution in [0, 0.1) is 0 Å². The summed E-state index contributed by atoms with van der Waals surface area (Å²) in [4.78, 5) is 27.4. The molecule has 0 aliphatic heterocycles. The highest BCUT2D eigenvalue weighted by molar-refractivity contribution is 9.10. The van der Waals surface area contributed by atoms with Gasteiger partial charge in [0.15, 0.2) is 0 Å². The standard InChI is InChI=1S/C25H23BrClNO3/c1-2-19-15-21(27)11-12-22(19)24(29)28(16-18-9-6-10-20(26)13-18)23(25(30)31)14-17-7-4-3-5-8-17/h3-13,15,23H,2,14,16H2,1H3,(H,30,31). The summed E-state index contributed by atoms with van der Waals surface area (Å²) in [5.74, 6) is -1.36. The van der Waals surface area contributed by atoms with Crippen LogP contribution in [0.25, 0.3) is 0 Å². The van der Waals surface area contributed by atoms with Crippen LogP contribution in [-0.4, -0.2) is 27.9 Å². The lowest BCUT2D eigenvalue weighted by Gasteiger charge is -2.30. The summed E-state index contributed by atoms with van der Waals surface area (Å²) in [7, 11) is 0. The molecule has 6 heteroatoms. The second-order valence-corrected chi connectivity index (χ2v) is 8.61. The number of carbonyl (C=O) groups is 2. The lowest BCUT2D eigenvalue weighted by atomic mass is 10.00. The van der Waals surface area contributed by atoms with Crippen molar-refractivity contribution in [1.82, 2.24) is 4.90 Å². The Bertz CT molecular complexity index is 1070. The largest absolute Gasteiger partial charge is 0.480 e. The van der Waals surface area contributed by atoms with Gasteiger partial charge in [-0.15, -0.1) is 0 Å². The van der Waals surface area contributed by atoms with Gasteiger partial charge in [0.25, 0.3) is 5.91 Å². The number of aliphatic carboxylic acids is 1. The van der Waals surface area contributed by atoms with Crippen molar-refractivity contribution in [3.63, 3.8) is 0 Å². The molecule has 1 amide bonds. The number of hydrogen-bond donors (Lipinski definition) is 1. The minimum absolute atomic E-state index is 0.174. The predicted molar refractivity (Wildman–Crippen MR) is 126 cm³/mol. The van der Waals surface area contributed by atoms with Crippen LogP contribution in [0.3, 0.4) is 0 Å². The van der Waals surface area contributed by atoms with Crippen molar-refractivity contribution in [1.29, 1.82) is 0 Å². The lowest BCUT2D eigenvalue weighted by Crippen LogP contribution is -2.46. The van der Waals surface area contributed by atoms with E-state index in [0.29, 0.717) is 17.0 Å². The molecule has 160 valence electrons. The van der Waals surface area contributed by atoms with E-state index in [1.165, 1.54) is 4.90 Å². The second-order valence-electron chi connectivity index (χ2n) is 7.26. The van der Waals surface area contributed by atoms with Gasteiger partial charge in [-0.3, -0.25) is 4.79 Å². The Morgan fingerprint density at radius 2 is 1.71 bits per heavy atom. The molecule has 0 fully saturated rings. The molecule has 0 aliphatic rings. The van der Waals surface area contributed by atoms with E-state index in [-0.39, 0.29) is 18.9 Å². The molecule has 0 saturated carbocycles. The first-order chi connectivity index (χ1) is 14.9. The van der Waals surface area contributed by atoms with E-state index in [2.05, 4.69) is 15.9 Å². The van der Waals surface area contributed by atoms with Crippen molar-refractivity contribution in [2.24, 2.45) is 0 Å². The zero-order valence-corrected chi connectivity index (χ0v) is 19.4. The van der Waals surface area contributed by atoms with Gasteiger partial charge in [0.1, 0.15) is 6.04 Å². The van der Waals surface area contributed by atoms with E-state index < -0.39 is 12.0 Å². The predicted octanol–water partition coefficient (Wildman–Crippen LogP) is 6.00. The molecular weight excluding hydrogens is 478 g/mol. The van der Waals surface area contributed by atoms with Gasteiger partial charge in [-0.2, -0.15) is 0 Å². The Hall–Kier alpha value is -2.63. The number of nitrogens with zero attached hydrogens (tertiary/aromatic N) is 1. The van der Waals surface area contributed by atoms with E-state index in [0.717, 1.165) is 21.2 Å². The maximum Gasteiger partial charge on any atom is 0.326 e. The van der Waals surface area contributed by atoms with Crippen LogP contribution < -0.4 is 0 Å². The smallest absolute Gasteiger partial charge is 0.326 e. The summed E-state index contributed by atoms with van der Waals surface area (Å²) in [5.41, 5.74) is 2.96. The summed E-state index contributed by atoms with van der Waals surface area (Å²) < 4.78 is 0.869. The topological polar surface area (TPSA) is 57.6 Å². The fraction of sp³-hybridized carbons (Fsp3) is 0.200. The first-order valence-corrected chi connectivity index (χ1v) is 11.2. The molecule has 0 aromatic heterocycles. The van der Waals surface area contributed by atoms with Gasteiger partial charge < -0.3 is 10.0 Å². The normalized spacial score (nSPS) is 11.7. The average molecular weight is 501 g/mol. The Morgan fingerprint density at radius 1 is 1.00 bits per heavy atom. The average Bonchev–Trinajstić information content (AvgIpc) is 2.76. The monoisotopic (exact) mass is 499 g/mol. The third-order valence-corrected chi connectivity index (χ3v) is 5.84. The maximum atomic E-state index is 13.7. The number of aryl methyl sites for hydroxylation is 1. The number of halogens is 2. The molecule has 1 atom stereocenters. The van der Waals surface area contributed by atoms with Gasteiger partial charge in [0, 0.05) is 28.0 Å². The Kier molecular flexibility index (Phi) is 7.88. The fourth-order valence-corrected chi connectivity index (χ4v) is 4.18. The molecule has 3 aromatic carbocycles. The Labute approximate surface area is 195 Å². The summed E-state index contributed by atoms with van der Waals surface area (Å²) >= 11 is 9.57. The highest BCUT2D eigenvalue weighted by atomic mass is 79.9. The van der Waals surface area contributed by atoms with Crippen molar-refractivity contribution in [3.8, 4) is 0 Å². The Balaban J connectivity index is 2.04. The molecule has 3 rings (SSSR count). The number of carbonyl (C=O) groups excluding carboxylic acids is 1. The molecular formula is C25H23BrClNO3. The quantitative estimate of drug-likeness (QED) is 0.412. The minimum Gasteiger partial charge on any atom is -0.480 e. The molecule has 0 spiro atoms. The van der Waals surface area contributed by atoms with Gasteiger partial charge in [0.2, 0.25) is 0 Å². The van der Waals surface area contributed by atoms with Crippen LogP contribution in [0.4, 0.5) is 0 Å². The van der Waals surface area contributed by atoms with Crippen molar-refractivity contribution >= 4 is 39.4 Å². The van der Waals surface area contributed by atoms with Gasteiger partial charge in [0.05, 0.1) is 0 Å². The maximum absolute atomic E-state index is 13.7. The van der Waals surface area contributed by atoms with E-state index >= 15 is 0 Å². The van der Waals surface area contributed by atoms with Crippen molar-refractivity contribution in [2.45, 2.75) is 32.4 Å². The number of amides is 1. The number of rotatable bonds is 8. The van der Waals surface area contributed by atoms with Crippen molar-refractivity contribution < 1.29 is 14.7 Å². The van der Waals surface area contributed by atoms with Gasteiger partial charge in [-0.05, 0) is 53.4 Å². The van der Waals surface area contributed by atoms with Crippen LogP contribution in [0.15, 0.2) is 77.3 Å². The zero-order valence-electron chi connectivity index (χ0n) is 17.1. The molecule has 1 unspecified atom stereocenters. The second kappa shape index (κ2) is 10.6. The number of carboxylic acids is 1. The first kappa shape index (κ1) is 23.0. The van der Waals surface area contributed by atoms with Crippen LogP contribution in [-0.2, 0) is 24.2 Å². The molecule has 0 aliphatic carbocycles. The Morgan fingerprint density at radius 3 is 2.35 bits per heavy atom. The van der Waals surface area contributed by atoms with E-state index in [9.17, 15) is 14.7 Å². The third-order valence-electron chi connectivity index (χ3n) is 5.11. The molecule has 31 heavy (non-hydrogen) atoms. The van der Waals surface area contributed by atoms with Gasteiger partial charge >= 0.3 is 5.97 Å². The third kappa shape index (κ3) is 5.96. The van der Waals surface area contributed by atoms with Crippen molar-refractivity contribution in [3.05, 3.63) is 105 Å². The van der Waals surface area contributed by atoms with E-state index in [4.69, 9.17) is 11.6 Å². The molecule has 0 radical (unpaired) electrons. The molecule has 4 nitrogen and oxygen atoms in total. The van der Waals surface area contributed by atoms with Crippen LogP contribution in [0.5, 0.6) is 0 Å². The van der Waals surface area contributed by atoms with Crippen LogP contribution >= 0.6 is 27.5 Å². The summed E-state index contributed by atoms with van der Waals surface area (Å²) in [6, 6.07) is 21.0. The van der Waals surface area contributed by atoms with Crippen molar-refractivity contribution in [2.75, 3.05) is 0 Å². The summed E-state index contributed by atoms with van der Waals surface area (Å²) in [5, 5.41) is 10.6. The van der Waals surface area contributed by atoms with E-state index in [1.54, 1.807) is 18.2 Å². The van der Waals surface area contributed by atoms with Gasteiger partial charge in [-0.25, -0.2) is 4.79 Å². The van der Waals surface area contributed by atoms with Crippen LogP contribution in [0.1, 0.15) is 34.0 Å². The first-order valence-electron chi connectivity index (χ1n) is 9.99. The molecule has 1 N–H and O–H groups in total. The van der Waals surface area contributed by atoms with Gasteiger partial charge in [-0.1, -0.05) is 76.9 Å². The molecule has 0 bridgehead atoms. The van der Waals surface area contributed by atoms with Crippen LogP contribution in [0.2, 0.25) is 5.02 Å². The molecule has 0 heterocycles. The number of carboxylic acid groups (broad SMARTS) is 1. The number of benzene rings is 3. The van der Waals surface area contributed by atoms with E-state index in [1.807, 2.05) is 61.5 Å². The highest BCUT2D eigenvalue weighted by Crippen LogP contribution is 2.23. The fourth-order valence-electron chi connectivity index (χ4n) is 3.54. The zero-order chi connectivity index (χ0) is 22.4. The molecule has 0 saturated heterocycles. The SMILES string of the molecule is CCc1cc(Cl)ccc1C(=O)N(Cc1cccc(Br)c1)C(Cc1ccccc1)C(=O)O. The molecule has 3 aromatic rings. The highest BCUT2D eigenvalue weighted by Gasteiger charge is 2.31. The minimum atomic E-state index is -1.04. The summed E-state index contributed by atoms with van der Waals surface area (Å²) in [6.45, 7) is 2.12. The lowest BCUT2D eigenvalue weighted by molar-refractivity contribution is -0.142. The summed E-state index contributed by atoms with van der Waals surface area (Å²) in [6.07, 6.45) is 0.827.